The molecule has 0 spiro atoms. The summed E-state index contributed by atoms with van der Waals surface area (Å²) in [5, 5.41) is 0. The first-order valence-electron chi connectivity index (χ1n) is 5.96. The molecule has 6 heteroatoms. The average molecular weight is 298 g/mol. The van der Waals surface area contributed by atoms with Gasteiger partial charge >= 0.3 is 6.18 Å². The zero-order chi connectivity index (χ0) is 15.5. The lowest BCUT2D eigenvalue weighted by atomic mass is 10.1. The van der Waals surface area contributed by atoms with Crippen molar-refractivity contribution in [3.05, 3.63) is 65.5 Å². The van der Waals surface area contributed by atoms with Crippen LogP contribution in [-0.4, -0.2) is 12.0 Å². The third kappa shape index (κ3) is 3.81. The zero-order valence-corrected chi connectivity index (χ0v) is 10.7. The number of Topliss-reactive ketones (excluding diaryl/α,β-unsaturated/α-hetero) is 1. The van der Waals surface area contributed by atoms with Crippen molar-refractivity contribution in [1.82, 2.24) is 0 Å². The Kier molecular flexibility index (Phi) is 4.26. The molecule has 2 aromatic rings. The van der Waals surface area contributed by atoms with Gasteiger partial charge in [0.05, 0.1) is 5.56 Å². The Labute approximate surface area is 118 Å². The minimum atomic E-state index is -5.10. The molecule has 0 amide bonds. The number of ketones is 1. The molecule has 21 heavy (non-hydrogen) atoms. The first-order chi connectivity index (χ1) is 9.88. The molecule has 2 rings (SSSR count). The van der Waals surface area contributed by atoms with E-state index < -0.39 is 23.3 Å². The van der Waals surface area contributed by atoms with Crippen LogP contribution in [0.2, 0.25) is 0 Å². The number of hydrogen-bond donors (Lipinski definition) is 0. The highest BCUT2D eigenvalue weighted by atomic mass is 19.4. The van der Waals surface area contributed by atoms with Gasteiger partial charge in [-0.2, -0.15) is 13.2 Å². The summed E-state index contributed by atoms with van der Waals surface area (Å²) < 4.78 is 55.5. The Hall–Kier alpha value is -2.37. The number of halogens is 4. The van der Waals surface area contributed by atoms with Crippen LogP contribution < -0.4 is 4.74 Å². The van der Waals surface area contributed by atoms with Gasteiger partial charge in [0, 0.05) is 6.07 Å². The van der Waals surface area contributed by atoms with Gasteiger partial charge in [-0.3, -0.25) is 4.79 Å². The molecule has 0 aliphatic heterocycles. The standard InChI is InChI=1S/C15H10F4O2/c16-13-8-11(21-9-10-4-2-1-3-5-10)6-7-12(13)14(20)15(17,18)19/h1-8H,9H2. The average Bonchev–Trinajstić information content (AvgIpc) is 2.45. The van der Waals surface area contributed by atoms with Crippen LogP contribution in [-0.2, 0) is 6.61 Å². The van der Waals surface area contributed by atoms with E-state index in [0.717, 1.165) is 23.8 Å². The predicted molar refractivity (Wildman–Crippen MR) is 67.6 cm³/mol. The molecule has 0 atom stereocenters. The second-order valence-corrected chi connectivity index (χ2v) is 4.24. The van der Waals surface area contributed by atoms with Gasteiger partial charge < -0.3 is 4.74 Å². The third-order valence-corrected chi connectivity index (χ3v) is 2.69. The Morgan fingerprint density at radius 2 is 1.71 bits per heavy atom. The normalized spacial score (nSPS) is 11.2. The van der Waals surface area contributed by atoms with Crippen LogP contribution >= 0.6 is 0 Å². The van der Waals surface area contributed by atoms with E-state index in [4.69, 9.17) is 4.74 Å². The van der Waals surface area contributed by atoms with E-state index in [1.807, 2.05) is 6.07 Å². The summed E-state index contributed by atoms with van der Waals surface area (Å²) in [4.78, 5) is 11.0. The van der Waals surface area contributed by atoms with Crippen molar-refractivity contribution in [2.75, 3.05) is 0 Å². The zero-order valence-electron chi connectivity index (χ0n) is 10.7. The van der Waals surface area contributed by atoms with Crippen molar-refractivity contribution in [2.24, 2.45) is 0 Å². The number of carbonyl (C=O) groups is 1. The lowest BCUT2D eigenvalue weighted by molar-refractivity contribution is -0.0887. The predicted octanol–water partition coefficient (Wildman–Crippen LogP) is 4.15. The maximum atomic E-state index is 13.6. The molecule has 0 aromatic heterocycles. The first-order valence-corrected chi connectivity index (χ1v) is 5.96. The third-order valence-electron chi connectivity index (χ3n) is 2.69. The van der Waals surface area contributed by atoms with Crippen LogP contribution in [0.1, 0.15) is 15.9 Å². The minimum absolute atomic E-state index is 0.0510. The molecule has 0 aliphatic rings. The van der Waals surface area contributed by atoms with Crippen LogP contribution in [0.15, 0.2) is 48.5 Å². The Bertz CT molecular complexity index is 636. The van der Waals surface area contributed by atoms with Crippen molar-refractivity contribution >= 4 is 5.78 Å². The first kappa shape index (κ1) is 15.0. The molecule has 0 bridgehead atoms. The number of hydrogen-bond acceptors (Lipinski definition) is 2. The van der Waals surface area contributed by atoms with Crippen molar-refractivity contribution < 1.29 is 27.1 Å². The minimum Gasteiger partial charge on any atom is -0.489 e. The van der Waals surface area contributed by atoms with Crippen molar-refractivity contribution in [3.63, 3.8) is 0 Å². The molecule has 2 aromatic carbocycles. The molecule has 2 nitrogen and oxygen atoms in total. The van der Waals surface area contributed by atoms with Gasteiger partial charge in [-0.15, -0.1) is 0 Å². The summed E-state index contributed by atoms with van der Waals surface area (Å²) in [7, 11) is 0. The molecule has 0 unspecified atom stereocenters. The maximum Gasteiger partial charge on any atom is 0.454 e. The van der Waals surface area contributed by atoms with Gasteiger partial charge in [-0.05, 0) is 17.7 Å². The van der Waals surface area contributed by atoms with Crippen LogP contribution in [0.3, 0.4) is 0 Å². The lowest BCUT2D eigenvalue weighted by Gasteiger charge is -2.09. The van der Waals surface area contributed by atoms with Gasteiger partial charge in [0.15, 0.2) is 0 Å². The van der Waals surface area contributed by atoms with Crippen LogP contribution in [0.25, 0.3) is 0 Å². The molecule has 0 saturated heterocycles. The molecule has 0 aliphatic carbocycles. The molecule has 0 N–H and O–H groups in total. The maximum absolute atomic E-state index is 13.6. The number of rotatable bonds is 4. The highest BCUT2D eigenvalue weighted by Gasteiger charge is 2.40. The highest BCUT2D eigenvalue weighted by Crippen LogP contribution is 2.25. The van der Waals surface area contributed by atoms with Crippen LogP contribution in [0.5, 0.6) is 5.75 Å². The van der Waals surface area contributed by atoms with Gasteiger partial charge in [-0.1, -0.05) is 30.3 Å². The van der Waals surface area contributed by atoms with Crippen molar-refractivity contribution in [1.29, 1.82) is 0 Å². The molecule has 110 valence electrons. The number of carbonyl (C=O) groups excluding carboxylic acids is 1. The topological polar surface area (TPSA) is 26.3 Å². The van der Waals surface area contributed by atoms with Crippen molar-refractivity contribution in [3.8, 4) is 5.75 Å². The quantitative estimate of drug-likeness (QED) is 0.626. The summed E-state index contributed by atoms with van der Waals surface area (Å²) in [6.45, 7) is 0.146. The summed E-state index contributed by atoms with van der Waals surface area (Å²) in [5.74, 6) is -3.42. The summed E-state index contributed by atoms with van der Waals surface area (Å²) in [6, 6.07) is 11.7. The molecular weight excluding hydrogens is 288 g/mol. The monoisotopic (exact) mass is 298 g/mol. The summed E-state index contributed by atoms with van der Waals surface area (Å²) in [6.07, 6.45) is -5.10. The number of alkyl halides is 3. The summed E-state index contributed by atoms with van der Waals surface area (Å²) >= 11 is 0. The van der Waals surface area contributed by atoms with Gasteiger partial charge in [0.2, 0.25) is 0 Å². The van der Waals surface area contributed by atoms with E-state index in [2.05, 4.69) is 0 Å². The fraction of sp³-hybridized carbons (Fsp3) is 0.133. The van der Waals surface area contributed by atoms with Gasteiger partial charge in [0.1, 0.15) is 18.2 Å². The van der Waals surface area contributed by atoms with Gasteiger partial charge in [0.25, 0.3) is 5.78 Å². The molecule has 0 heterocycles. The molecule has 0 fully saturated rings. The lowest BCUT2D eigenvalue weighted by Crippen LogP contribution is -2.23. The smallest absolute Gasteiger partial charge is 0.454 e. The Morgan fingerprint density at radius 3 is 2.29 bits per heavy atom. The Balaban J connectivity index is 2.11. The largest absolute Gasteiger partial charge is 0.489 e. The second kappa shape index (κ2) is 5.95. The molecular formula is C15H10F4O2. The van der Waals surface area contributed by atoms with Crippen LogP contribution in [0, 0.1) is 5.82 Å². The van der Waals surface area contributed by atoms with E-state index in [1.165, 1.54) is 0 Å². The van der Waals surface area contributed by atoms with Gasteiger partial charge in [-0.25, -0.2) is 4.39 Å². The van der Waals surface area contributed by atoms with Crippen LogP contribution in [0.4, 0.5) is 17.6 Å². The Morgan fingerprint density at radius 1 is 1.05 bits per heavy atom. The number of ether oxygens (including phenoxy) is 1. The molecule has 0 saturated carbocycles. The van der Waals surface area contributed by atoms with E-state index in [1.54, 1.807) is 24.3 Å². The van der Waals surface area contributed by atoms with E-state index in [-0.39, 0.29) is 12.4 Å². The SMILES string of the molecule is O=C(c1ccc(OCc2ccccc2)cc1F)C(F)(F)F. The molecule has 0 radical (unpaired) electrons. The van der Waals surface area contributed by atoms with E-state index >= 15 is 0 Å². The fourth-order valence-electron chi connectivity index (χ4n) is 1.66. The number of benzene rings is 2. The van der Waals surface area contributed by atoms with Crippen molar-refractivity contribution in [2.45, 2.75) is 12.8 Å². The van der Waals surface area contributed by atoms with E-state index in [9.17, 15) is 22.4 Å². The van der Waals surface area contributed by atoms with E-state index in [0.29, 0.717) is 0 Å². The second-order valence-electron chi connectivity index (χ2n) is 4.24. The highest BCUT2D eigenvalue weighted by molar-refractivity contribution is 6.00. The fourth-order valence-corrected chi connectivity index (χ4v) is 1.66. The summed E-state index contributed by atoms with van der Waals surface area (Å²) in [5.41, 5.74) is -0.192.